The van der Waals surface area contributed by atoms with Gasteiger partial charge in [-0.1, -0.05) is 77.9 Å². The van der Waals surface area contributed by atoms with Crippen LogP contribution in [0.2, 0.25) is 0 Å². The van der Waals surface area contributed by atoms with E-state index in [4.69, 9.17) is 0 Å². The average Bonchev–Trinajstić information content (AvgIpc) is 3.02. The molecular formula is C36H41N3O4S2. The van der Waals surface area contributed by atoms with Crippen molar-refractivity contribution in [3.63, 3.8) is 0 Å². The van der Waals surface area contributed by atoms with Gasteiger partial charge in [-0.2, -0.15) is 0 Å². The van der Waals surface area contributed by atoms with Gasteiger partial charge in [0.1, 0.15) is 12.6 Å². The smallest absolute Gasteiger partial charge is 0.264 e. The largest absolute Gasteiger partial charge is 0.352 e. The minimum Gasteiger partial charge on any atom is -0.352 e. The molecule has 0 heterocycles. The number of benzene rings is 4. The standard InChI is InChI=1S/C36H41N3O4S2/c1-26(2)37-36(41)34(23-29-11-7-6-8-12-29)38(24-30-13-9-10-28(4)22-30)35(40)25-39(31-16-14-27(3)15-17-31)45(42,43)33-20-18-32(44-5)19-21-33/h6-22,26,34H,23-25H2,1-5H3,(H,37,41)/t34-/m1/s1. The second kappa shape index (κ2) is 15.3. The lowest BCUT2D eigenvalue weighted by molar-refractivity contribution is -0.140. The summed E-state index contributed by atoms with van der Waals surface area (Å²) in [6.07, 6.45) is 2.19. The van der Waals surface area contributed by atoms with E-state index >= 15 is 0 Å². The van der Waals surface area contributed by atoms with E-state index in [1.807, 2.05) is 101 Å². The number of carbonyl (C=O) groups excluding carboxylic acids is 2. The minimum atomic E-state index is -4.15. The van der Waals surface area contributed by atoms with E-state index < -0.39 is 28.5 Å². The summed E-state index contributed by atoms with van der Waals surface area (Å²) in [6, 6.07) is 29.9. The molecule has 0 unspecified atom stereocenters. The summed E-state index contributed by atoms with van der Waals surface area (Å²) in [5.74, 6) is -0.784. The Labute approximate surface area is 271 Å². The van der Waals surface area contributed by atoms with Gasteiger partial charge in [0.05, 0.1) is 10.6 Å². The SMILES string of the molecule is CSc1ccc(S(=O)(=O)N(CC(=O)N(Cc2cccc(C)c2)[C@H](Cc2ccccc2)C(=O)NC(C)C)c2ccc(C)cc2)cc1. The Bertz CT molecular complexity index is 1690. The molecule has 0 aliphatic carbocycles. The highest BCUT2D eigenvalue weighted by Gasteiger charge is 2.34. The van der Waals surface area contributed by atoms with Crippen molar-refractivity contribution in [2.75, 3.05) is 17.1 Å². The fourth-order valence-corrected chi connectivity index (χ4v) is 6.88. The van der Waals surface area contributed by atoms with Gasteiger partial charge < -0.3 is 10.2 Å². The van der Waals surface area contributed by atoms with Gasteiger partial charge in [-0.05, 0) is 81.5 Å². The third-order valence-corrected chi connectivity index (χ3v) is 9.92. The third-order valence-electron chi connectivity index (χ3n) is 7.39. The maximum atomic E-state index is 14.5. The van der Waals surface area contributed by atoms with Crippen LogP contribution in [-0.2, 0) is 32.6 Å². The van der Waals surface area contributed by atoms with Crippen LogP contribution in [0.5, 0.6) is 0 Å². The number of amides is 2. The number of carbonyl (C=O) groups is 2. The van der Waals surface area contributed by atoms with E-state index in [1.165, 1.54) is 16.7 Å². The van der Waals surface area contributed by atoms with E-state index in [9.17, 15) is 18.0 Å². The Morgan fingerprint density at radius 2 is 1.44 bits per heavy atom. The van der Waals surface area contributed by atoms with Gasteiger partial charge in [-0.15, -0.1) is 11.8 Å². The molecule has 7 nitrogen and oxygen atoms in total. The Hall–Kier alpha value is -4.08. The Balaban J connectivity index is 1.80. The summed E-state index contributed by atoms with van der Waals surface area (Å²) < 4.78 is 29.5. The molecule has 0 aliphatic heterocycles. The number of thioether (sulfide) groups is 1. The average molecular weight is 644 g/mol. The zero-order valence-electron chi connectivity index (χ0n) is 26.4. The number of rotatable bonds is 13. The minimum absolute atomic E-state index is 0.0808. The fourth-order valence-electron chi connectivity index (χ4n) is 5.06. The topological polar surface area (TPSA) is 86.8 Å². The van der Waals surface area contributed by atoms with E-state index in [0.717, 1.165) is 31.5 Å². The van der Waals surface area contributed by atoms with Crippen molar-refractivity contribution in [3.05, 3.63) is 125 Å². The van der Waals surface area contributed by atoms with E-state index in [0.29, 0.717) is 5.69 Å². The number of anilines is 1. The van der Waals surface area contributed by atoms with Crippen molar-refractivity contribution in [2.24, 2.45) is 0 Å². The molecular weight excluding hydrogens is 603 g/mol. The fraction of sp³-hybridized carbons (Fsp3) is 0.278. The van der Waals surface area contributed by atoms with Gasteiger partial charge in [0.25, 0.3) is 10.0 Å². The van der Waals surface area contributed by atoms with Crippen LogP contribution in [0.1, 0.15) is 36.1 Å². The van der Waals surface area contributed by atoms with Crippen LogP contribution in [0, 0.1) is 13.8 Å². The number of nitrogens with one attached hydrogen (secondary N) is 1. The first kappa shape index (κ1) is 33.8. The summed E-state index contributed by atoms with van der Waals surface area (Å²) in [4.78, 5) is 30.8. The molecule has 0 saturated heterocycles. The second-order valence-electron chi connectivity index (χ2n) is 11.4. The van der Waals surface area contributed by atoms with Crippen LogP contribution in [-0.4, -0.2) is 50.0 Å². The number of nitrogens with zero attached hydrogens (tertiary/aromatic N) is 2. The van der Waals surface area contributed by atoms with Crippen molar-refractivity contribution in [1.82, 2.24) is 10.2 Å². The molecule has 4 aromatic rings. The number of sulfonamides is 1. The molecule has 0 saturated carbocycles. The van der Waals surface area contributed by atoms with Gasteiger partial charge in [0.15, 0.2) is 0 Å². The lowest BCUT2D eigenvalue weighted by atomic mass is 10.0. The van der Waals surface area contributed by atoms with Gasteiger partial charge in [0, 0.05) is 23.9 Å². The van der Waals surface area contributed by atoms with Crippen LogP contribution >= 0.6 is 11.8 Å². The first-order chi connectivity index (χ1) is 21.5. The van der Waals surface area contributed by atoms with Crippen LogP contribution < -0.4 is 9.62 Å². The van der Waals surface area contributed by atoms with Crippen molar-refractivity contribution in [1.29, 1.82) is 0 Å². The molecule has 4 aromatic carbocycles. The predicted molar refractivity (Wildman–Crippen MR) is 183 cm³/mol. The zero-order chi connectivity index (χ0) is 32.6. The molecule has 1 N–H and O–H groups in total. The highest BCUT2D eigenvalue weighted by atomic mass is 32.2. The van der Waals surface area contributed by atoms with Crippen molar-refractivity contribution < 1.29 is 18.0 Å². The molecule has 0 aliphatic rings. The molecule has 4 rings (SSSR count). The molecule has 0 bridgehead atoms. The van der Waals surface area contributed by atoms with Gasteiger partial charge in [-0.3, -0.25) is 13.9 Å². The second-order valence-corrected chi connectivity index (χ2v) is 14.1. The Morgan fingerprint density at radius 3 is 2.04 bits per heavy atom. The monoisotopic (exact) mass is 643 g/mol. The van der Waals surface area contributed by atoms with Crippen LogP contribution in [0.4, 0.5) is 5.69 Å². The van der Waals surface area contributed by atoms with Crippen molar-refractivity contribution >= 4 is 39.3 Å². The zero-order valence-corrected chi connectivity index (χ0v) is 28.1. The maximum Gasteiger partial charge on any atom is 0.264 e. The first-order valence-electron chi connectivity index (χ1n) is 14.9. The third kappa shape index (κ3) is 8.99. The lowest BCUT2D eigenvalue weighted by Gasteiger charge is -2.34. The molecule has 236 valence electrons. The van der Waals surface area contributed by atoms with E-state index in [2.05, 4.69) is 5.32 Å². The first-order valence-corrected chi connectivity index (χ1v) is 17.6. The summed E-state index contributed by atoms with van der Waals surface area (Å²) in [5.41, 5.74) is 4.07. The van der Waals surface area contributed by atoms with Crippen LogP contribution in [0.15, 0.2) is 113 Å². The summed E-state index contributed by atoms with van der Waals surface area (Å²) in [6.45, 7) is 7.28. The Kier molecular flexibility index (Phi) is 11.5. The Morgan fingerprint density at radius 1 is 0.800 bits per heavy atom. The highest BCUT2D eigenvalue weighted by molar-refractivity contribution is 7.98. The molecule has 2 amide bonds. The highest BCUT2D eigenvalue weighted by Crippen LogP contribution is 2.27. The predicted octanol–water partition coefficient (Wildman–Crippen LogP) is 6.39. The lowest BCUT2D eigenvalue weighted by Crippen LogP contribution is -2.54. The molecule has 0 radical (unpaired) electrons. The van der Waals surface area contributed by atoms with Gasteiger partial charge in [0.2, 0.25) is 11.8 Å². The molecule has 0 spiro atoms. The number of aryl methyl sites for hydroxylation is 2. The van der Waals surface area contributed by atoms with Crippen molar-refractivity contribution in [3.8, 4) is 0 Å². The normalized spacial score (nSPS) is 12.0. The molecule has 9 heteroatoms. The number of hydrogen-bond acceptors (Lipinski definition) is 5. The number of hydrogen-bond donors (Lipinski definition) is 1. The van der Waals surface area contributed by atoms with Crippen LogP contribution in [0.3, 0.4) is 0 Å². The quantitative estimate of drug-likeness (QED) is 0.171. The van der Waals surface area contributed by atoms with Crippen molar-refractivity contribution in [2.45, 2.75) is 62.5 Å². The van der Waals surface area contributed by atoms with E-state index in [1.54, 1.807) is 36.4 Å². The molecule has 0 fully saturated rings. The molecule has 0 aromatic heterocycles. The summed E-state index contributed by atoms with van der Waals surface area (Å²) >= 11 is 1.51. The summed E-state index contributed by atoms with van der Waals surface area (Å²) in [5, 5.41) is 2.99. The van der Waals surface area contributed by atoms with Gasteiger partial charge >= 0.3 is 0 Å². The molecule has 45 heavy (non-hydrogen) atoms. The van der Waals surface area contributed by atoms with Gasteiger partial charge in [-0.25, -0.2) is 8.42 Å². The van der Waals surface area contributed by atoms with E-state index in [-0.39, 0.29) is 29.8 Å². The van der Waals surface area contributed by atoms with Crippen LogP contribution in [0.25, 0.3) is 0 Å². The maximum absolute atomic E-state index is 14.5. The molecule has 1 atom stereocenters. The summed E-state index contributed by atoms with van der Waals surface area (Å²) in [7, 11) is -4.15.